The highest BCUT2D eigenvalue weighted by molar-refractivity contribution is 9.08. The molecule has 2 rings (SSSR count). The Labute approximate surface area is 111 Å². The van der Waals surface area contributed by atoms with Crippen molar-refractivity contribution in [3.63, 3.8) is 0 Å². The van der Waals surface area contributed by atoms with Crippen LogP contribution in [0.15, 0.2) is 18.2 Å². The van der Waals surface area contributed by atoms with Gasteiger partial charge in [-0.2, -0.15) is 5.26 Å². The van der Waals surface area contributed by atoms with Crippen LogP contribution < -0.4 is 4.90 Å². The van der Waals surface area contributed by atoms with Gasteiger partial charge in [-0.15, -0.1) is 0 Å². The number of anilines is 1. The lowest BCUT2D eigenvalue weighted by Gasteiger charge is -2.25. The first-order chi connectivity index (χ1) is 8.30. The van der Waals surface area contributed by atoms with E-state index < -0.39 is 0 Å². The van der Waals surface area contributed by atoms with Gasteiger partial charge in [-0.05, 0) is 37.0 Å². The van der Waals surface area contributed by atoms with E-state index in [1.807, 2.05) is 6.07 Å². The van der Waals surface area contributed by atoms with Crippen LogP contribution in [0, 0.1) is 11.3 Å². The van der Waals surface area contributed by atoms with Crippen LogP contribution in [-0.2, 0) is 5.33 Å². The Kier molecular flexibility index (Phi) is 4.06. The Morgan fingerprint density at radius 2 is 2.24 bits per heavy atom. The number of hydrogen-bond acceptors (Lipinski definition) is 2. The van der Waals surface area contributed by atoms with Gasteiger partial charge in [0.15, 0.2) is 0 Å². The first kappa shape index (κ1) is 12.4. The maximum absolute atomic E-state index is 9.27. The molecule has 1 fully saturated rings. The van der Waals surface area contributed by atoms with E-state index in [-0.39, 0.29) is 0 Å². The standard InChI is InChI=1S/C14H17BrN2/c1-2-7-17(13-4-5-13)14-6-3-11(9-15)8-12(14)10-16/h3,6,8,13H,2,4-5,7,9H2,1H3. The van der Waals surface area contributed by atoms with Gasteiger partial charge >= 0.3 is 0 Å². The van der Waals surface area contributed by atoms with Crippen LogP contribution in [-0.4, -0.2) is 12.6 Å². The highest BCUT2D eigenvalue weighted by Crippen LogP contribution is 2.34. The summed E-state index contributed by atoms with van der Waals surface area (Å²) in [6, 6.07) is 9.20. The molecule has 0 spiro atoms. The summed E-state index contributed by atoms with van der Waals surface area (Å²) in [7, 11) is 0. The van der Waals surface area contributed by atoms with Gasteiger partial charge in [-0.1, -0.05) is 28.9 Å². The second-order valence-corrected chi connectivity index (χ2v) is 5.08. The molecule has 0 bridgehead atoms. The van der Waals surface area contributed by atoms with E-state index in [0.29, 0.717) is 6.04 Å². The van der Waals surface area contributed by atoms with Gasteiger partial charge in [-0.25, -0.2) is 0 Å². The lowest BCUT2D eigenvalue weighted by Crippen LogP contribution is -2.27. The quantitative estimate of drug-likeness (QED) is 0.771. The van der Waals surface area contributed by atoms with Crippen molar-refractivity contribution in [1.29, 1.82) is 5.26 Å². The second kappa shape index (κ2) is 5.55. The molecule has 0 N–H and O–H groups in total. The summed E-state index contributed by atoms with van der Waals surface area (Å²) in [4.78, 5) is 2.40. The molecule has 1 aromatic carbocycles. The van der Waals surface area contributed by atoms with Crippen LogP contribution in [0.4, 0.5) is 5.69 Å². The van der Waals surface area contributed by atoms with Crippen molar-refractivity contribution in [2.75, 3.05) is 11.4 Å². The second-order valence-electron chi connectivity index (χ2n) is 4.52. The van der Waals surface area contributed by atoms with E-state index >= 15 is 0 Å². The normalized spacial score (nSPS) is 14.4. The van der Waals surface area contributed by atoms with Gasteiger partial charge in [-0.3, -0.25) is 0 Å². The Hall–Kier alpha value is -1.01. The number of hydrogen-bond donors (Lipinski definition) is 0. The average molecular weight is 293 g/mol. The molecule has 2 nitrogen and oxygen atoms in total. The summed E-state index contributed by atoms with van der Waals surface area (Å²) in [5.74, 6) is 0. The molecule has 0 unspecified atom stereocenters. The van der Waals surface area contributed by atoms with Crippen molar-refractivity contribution < 1.29 is 0 Å². The maximum atomic E-state index is 9.27. The molecule has 90 valence electrons. The Morgan fingerprint density at radius 1 is 1.47 bits per heavy atom. The molecule has 3 heteroatoms. The SMILES string of the molecule is CCCN(c1ccc(CBr)cc1C#N)C1CC1. The van der Waals surface area contributed by atoms with Crippen molar-refractivity contribution in [1.82, 2.24) is 0 Å². The molecular weight excluding hydrogens is 276 g/mol. The number of nitriles is 1. The van der Waals surface area contributed by atoms with Crippen molar-refractivity contribution in [2.45, 2.75) is 37.6 Å². The van der Waals surface area contributed by atoms with Crippen molar-refractivity contribution in [3.8, 4) is 6.07 Å². The Morgan fingerprint density at radius 3 is 2.76 bits per heavy atom. The fraction of sp³-hybridized carbons (Fsp3) is 0.500. The van der Waals surface area contributed by atoms with Gasteiger partial charge in [0, 0.05) is 17.9 Å². The predicted molar refractivity (Wildman–Crippen MR) is 74.4 cm³/mol. The highest BCUT2D eigenvalue weighted by Gasteiger charge is 2.29. The molecule has 1 aromatic rings. The van der Waals surface area contributed by atoms with E-state index in [1.165, 1.54) is 12.8 Å². The van der Waals surface area contributed by atoms with Crippen LogP contribution in [0.25, 0.3) is 0 Å². The summed E-state index contributed by atoms with van der Waals surface area (Å²) in [6.07, 6.45) is 3.66. The minimum Gasteiger partial charge on any atom is -0.367 e. The van der Waals surface area contributed by atoms with Crippen molar-refractivity contribution in [3.05, 3.63) is 29.3 Å². The number of nitrogens with zero attached hydrogens (tertiary/aromatic N) is 2. The number of benzene rings is 1. The summed E-state index contributed by atoms with van der Waals surface area (Å²) in [6.45, 7) is 3.24. The lowest BCUT2D eigenvalue weighted by atomic mass is 10.1. The van der Waals surface area contributed by atoms with Crippen LogP contribution in [0.3, 0.4) is 0 Å². The van der Waals surface area contributed by atoms with E-state index in [1.54, 1.807) is 0 Å². The van der Waals surface area contributed by atoms with Gasteiger partial charge in [0.25, 0.3) is 0 Å². The third kappa shape index (κ3) is 2.81. The first-order valence-electron chi connectivity index (χ1n) is 6.15. The van der Waals surface area contributed by atoms with Gasteiger partial charge < -0.3 is 4.90 Å². The van der Waals surface area contributed by atoms with Crippen LogP contribution in [0.1, 0.15) is 37.3 Å². The molecule has 0 radical (unpaired) electrons. The molecule has 0 aromatic heterocycles. The van der Waals surface area contributed by atoms with E-state index in [4.69, 9.17) is 0 Å². The molecule has 1 aliphatic carbocycles. The van der Waals surface area contributed by atoms with E-state index in [2.05, 4.69) is 46.0 Å². The minimum absolute atomic E-state index is 0.664. The minimum atomic E-state index is 0.664. The van der Waals surface area contributed by atoms with Gasteiger partial charge in [0.05, 0.1) is 11.3 Å². The Bertz CT molecular complexity index is 432. The monoisotopic (exact) mass is 292 g/mol. The summed E-state index contributed by atoms with van der Waals surface area (Å²) >= 11 is 3.43. The highest BCUT2D eigenvalue weighted by atomic mass is 79.9. The maximum Gasteiger partial charge on any atom is 0.101 e. The smallest absolute Gasteiger partial charge is 0.101 e. The largest absolute Gasteiger partial charge is 0.367 e. The molecule has 17 heavy (non-hydrogen) atoms. The molecule has 1 aliphatic rings. The third-order valence-electron chi connectivity index (χ3n) is 3.10. The van der Waals surface area contributed by atoms with Crippen LogP contribution in [0.2, 0.25) is 0 Å². The molecule has 0 amide bonds. The summed E-state index contributed by atoms with van der Waals surface area (Å²) in [5, 5.41) is 10.1. The molecule has 0 atom stereocenters. The molecule has 1 saturated carbocycles. The molecule has 0 saturated heterocycles. The molecule has 0 aliphatic heterocycles. The van der Waals surface area contributed by atoms with Gasteiger partial charge in [0.1, 0.15) is 6.07 Å². The Balaban J connectivity index is 2.32. The molecule has 0 heterocycles. The summed E-state index contributed by atoms with van der Waals surface area (Å²) in [5.41, 5.74) is 3.08. The average Bonchev–Trinajstić information content (AvgIpc) is 3.19. The number of halogens is 1. The topological polar surface area (TPSA) is 27.0 Å². The fourth-order valence-electron chi connectivity index (χ4n) is 2.13. The summed E-state index contributed by atoms with van der Waals surface area (Å²) < 4.78 is 0. The third-order valence-corrected chi connectivity index (χ3v) is 3.74. The zero-order valence-corrected chi connectivity index (χ0v) is 11.7. The first-order valence-corrected chi connectivity index (χ1v) is 7.28. The van der Waals surface area contributed by atoms with Gasteiger partial charge in [0.2, 0.25) is 0 Å². The molecular formula is C14H17BrN2. The fourth-order valence-corrected chi connectivity index (χ4v) is 2.48. The van der Waals surface area contributed by atoms with E-state index in [9.17, 15) is 5.26 Å². The number of rotatable bonds is 5. The zero-order valence-electron chi connectivity index (χ0n) is 10.1. The predicted octanol–water partition coefficient (Wildman–Crippen LogP) is 3.83. The number of alkyl halides is 1. The van der Waals surface area contributed by atoms with Crippen LogP contribution >= 0.6 is 15.9 Å². The van der Waals surface area contributed by atoms with Crippen LogP contribution in [0.5, 0.6) is 0 Å². The van der Waals surface area contributed by atoms with Crippen molar-refractivity contribution in [2.24, 2.45) is 0 Å². The zero-order chi connectivity index (χ0) is 12.3. The van der Waals surface area contributed by atoms with E-state index in [0.717, 1.165) is 35.1 Å². The lowest BCUT2D eigenvalue weighted by molar-refractivity contribution is 0.762. The van der Waals surface area contributed by atoms with Crippen molar-refractivity contribution >= 4 is 21.6 Å².